The van der Waals surface area contributed by atoms with Gasteiger partial charge in [-0.05, 0) is 19.1 Å². The Labute approximate surface area is 104 Å². The third kappa shape index (κ3) is 3.32. The van der Waals surface area contributed by atoms with E-state index in [0.717, 1.165) is 0 Å². The van der Waals surface area contributed by atoms with Crippen LogP contribution in [0.15, 0.2) is 29.2 Å². The van der Waals surface area contributed by atoms with E-state index in [1.54, 1.807) is 11.8 Å². The van der Waals surface area contributed by atoms with Crippen molar-refractivity contribution in [2.45, 2.75) is 17.6 Å². The molecule has 2 aromatic rings. The Balaban J connectivity index is 2.07. The van der Waals surface area contributed by atoms with Crippen LogP contribution < -0.4 is 11.5 Å². The number of aryl methyl sites for hydroxylation is 1. The molecule has 1 aromatic carbocycles. The third-order valence-corrected chi connectivity index (χ3v) is 3.06. The van der Waals surface area contributed by atoms with Gasteiger partial charge in [-0.25, -0.2) is 0 Å². The normalized spacial score (nSPS) is 10.4. The molecule has 0 aliphatic rings. The van der Waals surface area contributed by atoms with Gasteiger partial charge in [-0.2, -0.15) is 15.0 Å². The van der Waals surface area contributed by atoms with Gasteiger partial charge >= 0.3 is 0 Å². The van der Waals surface area contributed by atoms with Gasteiger partial charge in [-0.1, -0.05) is 17.7 Å². The Morgan fingerprint density at radius 1 is 1.12 bits per heavy atom. The van der Waals surface area contributed by atoms with Crippen LogP contribution in [0.25, 0.3) is 0 Å². The van der Waals surface area contributed by atoms with Crippen molar-refractivity contribution in [2.24, 2.45) is 0 Å². The van der Waals surface area contributed by atoms with Crippen molar-refractivity contribution in [1.29, 1.82) is 0 Å². The van der Waals surface area contributed by atoms with Crippen LogP contribution in [0.3, 0.4) is 0 Å². The van der Waals surface area contributed by atoms with Crippen molar-refractivity contribution >= 4 is 23.7 Å². The van der Waals surface area contributed by atoms with Gasteiger partial charge in [0.2, 0.25) is 11.9 Å². The number of hydrogen-bond donors (Lipinski definition) is 2. The fourth-order valence-corrected chi connectivity index (χ4v) is 2.24. The molecule has 88 valence electrons. The molecule has 0 unspecified atom stereocenters. The molecule has 6 heteroatoms. The van der Waals surface area contributed by atoms with E-state index in [4.69, 9.17) is 11.5 Å². The minimum atomic E-state index is 0.164. The summed E-state index contributed by atoms with van der Waals surface area (Å²) in [5.41, 5.74) is 12.2. The average Bonchev–Trinajstić information content (AvgIpc) is 2.25. The topological polar surface area (TPSA) is 90.7 Å². The molecule has 4 N–H and O–H groups in total. The van der Waals surface area contributed by atoms with Crippen LogP contribution in [0.5, 0.6) is 0 Å². The van der Waals surface area contributed by atoms with Crippen molar-refractivity contribution in [2.75, 3.05) is 11.5 Å². The molecule has 0 aliphatic heterocycles. The average molecular weight is 247 g/mol. The first-order chi connectivity index (χ1) is 8.13. The van der Waals surface area contributed by atoms with E-state index in [2.05, 4.69) is 34.0 Å². The number of anilines is 2. The highest BCUT2D eigenvalue weighted by Crippen LogP contribution is 2.22. The Kier molecular flexibility index (Phi) is 3.43. The van der Waals surface area contributed by atoms with Crippen LogP contribution in [-0.2, 0) is 5.75 Å². The molecule has 0 saturated heterocycles. The van der Waals surface area contributed by atoms with Gasteiger partial charge in [0, 0.05) is 4.90 Å². The number of hydrogen-bond acceptors (Lipinski definition) is 6. The lowest BCUT2D eigenvalue weighted by Gasteiger charge is -2.03. The first-order valence-corrected chi connectivity index (χ1v) is 6.07. The minimum absolute atomic E-state index is 0.164. The second-order valence-electron chi connectivity index (χ2n) is 3.57. The summed E-state index contributed by atoms with van der Waals surface area (Å²) in [5.74, 6) is 1.55. The van der Waals surface area contributed by atoms with E-state index in [1.807, 2.05) is 12.1 Å². The Morgan fingerprint density at radius 2 is 1.82 bits per heavy atom. The van der Waals surface area contributed by atoms with E-state index in [-0.39, 0.29) is 11.9 Å². The van der Waals surface area contributed by atoms with Gasteiger partial charge in [0.1, 0.15) is 5.82 Å². The monoisotopic (exact) mass is 247 g/mol. The van der Waals surface area contributed by atoms with Crippen molar-refractivity contribution in [3.8, 4) is 0 Å². The summed E-state index contributed by atoms with van der Waals surface area (Å²) in [7, 11) is 0. The van der Waals surface area contributed by atoms with E-state index < -0.39 is 0 Å². The molecule has 0 amide bonds. The zero-order chi connectivity index (χ0) is 12.3. The molecule has 2 rings (SSSR count). The van der Waals surface area contributed by atoms with E-state index in [1.165, 1.54) is 10.5 Å². The molecule has 5 nitrogen and oxygen atoms in total. The predicted octanol–water partition coefficient (Wildman–Crippen LogP) is 1.64. The molecule has 1 heterocycles. The number of nitrogen functional groups attached to an aromatic ring is 2. The predicted molar refractivity (Wildman–Crippen MR) is 69.4 cm³/mol. The van der Waals surface area contributed by atoms with Crippen LogP contribution in [-0.4, -0.2) is 15.0 Å². The summed E-state index contributed by atoms with van der Waals surface area (Å²) in [6.45, 7) is 2.06. The van der Waals surface area contributed by atoms with Crippen molar-refractivity contribution < 1.29 is 0 Å². The van der Waals surface area contributed by atoms with Gasteiger partial charge in [0.25, 0.3) is 0 Å². The van der Waals surface area contributed by atoms with Crippen LogP contribution in [0.2, 0.25) is 0 Å². The maximum Gasteiger partial charge on any atom is 0.225 e. The minimum Gasteiger partial charge on any atom is -0.368 e. The molecule has 17 heavy (non-hydrogen) atoms. The van der Waals surface area contributed by atoms with Crippen LogP contribution in [0.1, 0.15) is 11.4 Å². The first kappa shape index (κ1) is 11.7. The number of rotatable bonds is 3. The highest BCUT2D eigenvalue weighted by molar-refractivity contribution is 7.98. The molecule has 0 aliphatic carbocycles. The highest BCUT2D eigenvalue weighted by Gasteiger charge is 2.03. The van der Waals surface area contributed by atoms with Gasteiger partial charge in [0.05, 0.1) is 5.75 Å². The van der Waals surface area contributed by atoms with E-state index in [0.29, 0.717) is 11.6 Å². The van der Waals surface area contributed by atoms with Crippen molar-refractivity contribution in [3.05, 3.63) is 35.7 Å². The zero-order valence-electron chi connectivity index (χ0n) is 9.42. The zero-order valence-corrected chi connectivity index (χ0v) is 10.2. The van der Waals surface area contributed by atoms with Gasteiger partial charge in [0.15, 0.2) is 0 Å². The summed E-state index contributed by atoms with van der Waals surface area (Å²) in [6, 6.07) is 8.24. The molecule has 0 radical (unpaired) electrons. The molecule has 0 fully saturated rings. The highest BCUT2D eigenvalue weighted by atomic mass is 32.2. The van der Waals surface area contributed by atoms with Crippen molar-refractivity contribution in [3.63, 3.8) is 0 Å². The summed E-state index contributed by atoms with van der Waals surface area (Å²) in [6.07, 6.45) is 0. The van der Waals surface area contributed by atoms with Gasteiger partial charge in [-0.15, -0.1) is 11.8 Å². The summed E-state index contributed by atoms with van der Waals surface area (Å²) >= 11 is 1.64. The van der Waals surface area contributed by atoms with Gasteiger partial charge in [-0.3, -0.25) is 0 Å². The SMILES string of the molecule is Cc1cccc(SCc2nc(N)nc(N)n2)c1. The van der Waals surface area contributed by atoms with Gasteiger partial charge < -0.3 is 11.5 Å². The molecular formula is C11H13N5S. The third-order valence-electron chi connectivity index (χ3n) is 2.07. The fraction of sp³-hybridized carbons (Fsp3) is 0.182. The largest absolute Gasteiger partial charge is 0.368 e. The van der Waals surface area contributed by atoms with Crippen LogP contribution in [0.4, 0.5) is 11.9 Å². The quantitative estimate of drug-likeness (QED) is 0.801. The summed E-state index contributed by atoms with van der Waals surface area (Å²) in [5, 5.41) is 0. The summed E-state index contributed by atoms with van der Waals surface area (Å²) < 4.78 is 0. The van der Waals surface area contributed by atoms with Crippen LogP contribution >= 0.6 is 11.8 Å². The van der Waals surface area contributed by atoms with Crippen molar-refractivity contribution in [1.82, 2.24) is 15.0 Å². The van der Waals surface area contributed by atoms with Crippen LogP contribution in [0, 0.1) is 6.92 Å². The second kappa shape index (κ2) is 5.01. The number of aromatic nitrogens is 3. The Bertz CT molecular complexity index is 509. The maximum absolute atomic E-state index is 5.50. The number of nitrogens with two attached hydrogens (primary N) is 2. The molecule has 0 saturated carbocycles. The Morgan fingerprint density at radius 3 is 2.47 bits per heavy atom. The molecule has 0 spiro atoms. The fourth-order valence-electron chi connectivity index (χ4n) is 1.37. The first-order valence-electron chi connectivity index (χ1n) is 5.09. The number of nitrogens with zero attached hydrogens (tertiary/aromatic N) is 3. The number of benzene rings is 1. The standard InChI is InChI=1S/C11H13N5S/c1-7-3-2-4-8(5-7)17-6-9-14-10(12)16-11(13)15-9/h2-5H,6H2,1H3,(H4,12,13,14,15,16). The molecule has 0 atom stereocenters. The lowest BCUT2D eigenvalue weighted by Crippen LogP contribution is -2.05. The summed E-state index contributed by atoms with van der Waals surface area (Å²) in [4.78, 5) is 12.9. The number of thioether (sulfide) groups is 1. The lowest BCUT2D eigenvalue weighted by molar-refractivity contribution is 0.987. The Hall–Kier alpha value is -1.82. The molecule has 1 aromatic heterocycles. The second-order valence-corrected chi connectivity index (χ2v) is 4.62. The maximum atomic E-state index is 5.50. The van der Waals surface area contributed by atoms with E-state index >= 15 is 0 Å². The smallest absolute Gasteiger partial charge is 0.225 e. The van der Waals surface area contributed by atoms with E-state index in [9.17, 15) is 0 Å². The molecule has 0 bridgehead atoms. The lowest BCUT2D eigenvalue weighted by atomic mass is 10.2. The molecular weight excluding hydrogens is 234 g/mol.